The Bertz CT molecular complexity index is 1170. The van der Waals surface area contributed by atoms with Gasteiger partial charge in [0, 0.05) is 12.6 Å². The molecule has 0 amide bonds. The first-order valence-corrected chi connectivity index (χ1v) is 10.6. The number of ether oxygens (including phenoxy) is 2. The number of nitrogens with zero attached hydrogens (tertiary/aromatic N) is 2. The largest absolute Gasteiger partial charge is 0.453 e. The molecule has 1 saturated heterocycles. The number of fused-ring (bicyclic) bond motifs is 2. The third kappa shape index (κ3) is 4.99. The van der Waals surface area contributed by atoms with E-state index in [1.165, 1.54) is 22.4 Å². The Labute approximate surface area is 190 Å². The van der Waals surface area contributed by atoms with Crippen molar-refractivity contribution < 1.29 is 19.7 Å². The second kappa shape index (κ2) is 10.0. The number of anilines is 3. The molecule has 0 radical (unpaired) electrons. The first kappa shape index (κ1) is 22.7. The monoisotopic (exact) mass is 453 g/mol. The van der Waals surface area contributed by atoms with Crippen LogP contribution in [0.5, 0.6) is 11.5 Å². The summed E-state index contributed by atoms with van der Waals surface area (Å²) in [4.78, 5) is 15.0. The summed E-state index contributed by atoms with van der Waals surface area (Å²) in [5, 5.41) is 21.8. The zero-order valence-corrected chi connectivity index (χ0v) is 17.9. The van der Waals surface area contributed by atoms with E-state index in [0.29, 0.717) is 6.54 Å². The average Bonchev–Trinajstić information content (AvgIpc) is 3.19. The van der Waals surface area contributed by atoms with Gasteiger partial charge in [-0.2, -0.15) is 4.98 Å². The molecule has 1 fully saturated rings. The fourth-order valence-corrected chi connectivity index (χ4v) is 3.77. The highest BCUT2D eigenvalue weighted by molar-refractivity contribution is 5.77. The van der Waals surface area contributed by atoms with Gasteiger partial charge in [-0.05, 0) is 42.8 Å². The van der Waals surface area contributed by atoms with Gasteiger partial charge in [0.1, 0.15) is 18.1 Å². The van der Waals surface area contributed by atoms with Gasteiger partial charge in [0.25, 0.3) is 0 Å². The van der Waals surface area contributed by atoms with E-state index in [9.17, 15) is 9.90 Å². The lowest BCUT2D eigenvalue weighted by Gasteiger charge is -2.23. The van der Waals surface area contributed by atoms with E-state index in [2.05, 4.69) is 16.4 Å². The van der Waals surface area contributed by atoms with Gasteiger partial charge in [-0.1, -0.05) is 24.3 Å². The van der Waals surface area contributed by atoms with Crippen molar-refractivity contribution in [2.75, 3.05) is 24.2 Å². The lowest BCUT2D eigenvalue weighted by atomic mass is 10.1. The summed E-state index contributed by atoms with van der Waals surface area (Å²) in [5.74, 6) is 1.87. The summed E-state index contributed by atoms with van der Waals surface area (Å²) in [6.45, 7) is 0.356. The van der Waals surface area contributed by atoms with Crippen LogP contribution in [0.4, 0.5) is 17.2 Å². The van der Waals surface area contributed by atoms with Crippen LogP contribution in [0.3, 0.4) is 0 Å². The van der Waals surface area contributed by atoms with Gasteiger partial charge in [0.15, 0.2) is 11.5 Å². The van der Waals surface area contributed by atoms with Crippen LogP contribution in [0.15, 0.2) is 59.5 Å². The fraction of sp³-hybridized carbons (Fsp3) is 0.304. The number of hydrogen-bond donors (Lipinski definition) is 5. The lowest BCUT2D eigenvalue weighted by Crippen LogP contribution is -2.27. The van der Waals surface area contributed by atoms with Gasteiger partial charge >= 0.3 is 5.69 Å². The fourth-order valence-electron chi connectivity index (χ4n) is 3.77. The SMILES string of the molecule is NCCc1cccc2c1Nc1ccccc1O2.Nc1ccn([C@H]2C[C@H](O)[C@@H](CO)O2)c(=O)n1. The van der Waals surface area contributed by atoms with Gasteiger partial charge in [-0.15, -0.1) is 0 Å². The highest BCUT2D eigenvalue weighted by Crippen LogP contribution is 2.43. The molecule has 10 nitrogen and oxygen atoms in total. The minimum Gasteiger partial charge on any atom is -0.453 e. The van der Waals surface area contributed by atoms with Gasteiger partial charge in [-0.3, -0.25) is 4.57 Å². The minimum absolute atomic E-state index is 0.138. The minimum atomic E-state index is -0.778. The Morgan fingerprint density at radius 2 is 1.94 bits per heavy atom. The third-order valence-corrected chi connectivity index (χ3v) is 5.44. The topological polar surface area (TPSA) is 158 Å². The van der Waals surface area contributed by atoms with Crippen LogP contribution in [-0.4, -0.2) is 45.1 Å². The first-order valence-electron chi connectivity index (χ1n) is 10.6. The molecule has 2 aromatic carbocycles. The number of aliphatic hydroxyl groups is 2. The van der Waals surface area contributed by atoms with E-state index in [4.69, 9.17) is 26.0 Å². The van der Waals surface area contributed by atoms with Gasteiger partial charge < -0.3 is 36.5 Å². The van der Waals surface area contributed by atoms with Crippen LogP contribution in [0.1, 0.15) is 18.2 Å². The molecule has 0 spiro atoms. The molecule has 5 rings (SSSR count). The maximum absolute atomic E-state index is 11.5. The van der Waals surface area contributed by atoms with E-state index < -0.39 is 24.1 Å². The van der Waals surface area contributed by atoms with Crippen molar-refractivity contribution >= 4 is 17.2 Å². The van der Waals surface area contributed by atoms with Crippen LogP contribution < -0.4 is 27.2 Å². The maximum atomic E-state index is 11.5. The standard InChI is InChI=1S/C14H14N2O.C9H13N3O4/c15-9-8-10-4-3-7-13-14(10)16-11-5-1-2-6-12(11)17-13;10-7-1-2-12(9(15)11-7)8-3-5(14)6(4-13)16-8/h1-7,16H,8-9,15H2;1-2,5-6,8,13-14H,3-4H2,(H2,10,11,15)/t;5-,6+,8+/m.0/s1. The molecule has 1 aromatic heterocycles. The van der Waals surface area contributed by atoms with Crippen LogP contribution in [-0.2, 0) is 11.2 Å². The van der Waals surface area contributed by atoms with Crippen molar-refractivity contribution in [2.45, 2.75) is 31.3 Å². The Morgan fingerprint density at radius 3 is 2.67 bits per heavy atom. The predicted octanol–water partition coefficient (Wildman–Crippen LogP) is 1.50. The smallest absolute Gasteiger partial charge is 0.351 e. The molecule has 10 heteroatoms. The Kier molecular flexibility index (Phi) is 6.90. The van der Waals surface area contributed by atoms with Crippen molar-refractivity contribution in [3.63, 3.8) is 0 Å². The number of hydrogen-bond acceptors (Lipinski definition) is 9. The summed E-state index contributed by atoms with van der Waals surface area (Å²) in [6.07, 6.45) is 0.516. The van der Waals surface area contributed by atoms with Crippen molar-refractivity contribution in [3.8, 4) is 11.5 Å². The Morgan fingerprint density at radius 1 is 1.15 bits per heavy atom. The van der Waals surface area contributed by atoms with E-state index in [1.54, 1.807) is 0 Å². The zero-order chi connectivity index (χ0) is 23.4. The number of rotatable bonds is 4. The molecule has 2 aliphatic heterocycles. The number of nitrogens with two attached hydrogens (primary N) is 2. The molecular weight excluding hydrogens is 426 g/mol. The molecule has 0 aliphatic carbocycles. The molecule has 2 aliphatic rings. The molecular formula is C23H27N5O5. The van der Waals surface area contributed by atoms with Crippen LogP contribution in [0, 0.1) is 0 Å². The van der Waals surface area contributed by atoms with Crippen molar-refractivity contribution in [1.82, 2.24) is 9.55 Å². The quantitative estimate of drug-likeness (QED) is 0.309. The molecule has 174 valence electrons. The number of benzene rings is 2. The van der Waals surface area contributed by atoms with Crippen molar-refractivity contribution in [3.05, 3.63) is 70.8 Å². The summed E-state index contributed by atoms with van der Waals surface area (Å²) in [6, 6.07) is 15.5. The number of nitrogens with one attached hydrogen (secondary N) is 1. The van der Waals surface area contributed by atoms with Crippen LogP contribution in [0.25, 0.3) is 0 Å². The average molecular weight is 453 g/mol. The van der Waals surface area contributed by atoms with Gasteiger partial charge in [0.05, 0.1) is 24.1 Å². The lowest BCUT2D eigenvalue weighted by molar-refractivity contribution is -0.0458. The van der Waals surface area contributed by atoms with Crippen molar-refractivity contribution in [2.24, 2.45) is 5.73 Å². The normalized spacial score (nSPS) is 20.5. The summed E-state index contributed by atoms with van der Waals surface area (Å²) in [7, 11) is 0. The van der Waals surface area contributed by atoms with Crippen LogP contribution >= 0.6 is 0 Å². The molecule has 3 heterocycles. The summed E-state index contributed by atoms with van der Waals surface area (Å²) < 4.78 is 12.4. The van der Waals surface area contributed by atoms with E-state index in [-0.39, 0.29) is 18.8 Å². The van der Waals surface area contributed by atoms with E-state index in [0.717, 1.165) is 29.3 Å². The highest BCUT2D eigenvalue weighted by atomic mass is 16.5. The number of aliphatic hydroxyl groups excluding tert-OH is 2. The van der Waals surface area contributed by atoms with Gasteiger partial charge in [0.2, 0.25) is 0 Å². The number of nitrogen functional groups attached to an aromatic ring is 1. The second-order valence-electron chi connectivity index (χ2n) is 7.71. The van der Waals surface area contributed by atoms with E-state index >= 15 is 0 Å². The zero-order valence-electron chi connectivity index (χ0n) is 17.9. The Hall–Kier alpha value is -3.44. The molecule has 0 saturated carbocycles. The molecule has 3 aromatic rings. The molecule has 33 heavy (non-hydrogen) atoms. The van der Waals surface area contributed by atoms with Crippen LogP contribution in [0.2, 0.25) is 0 Å². The molecule has 3 atom stereocenters. The number of para-hydroxylation sites is 3. The molecule has 0 bridgehead atoms. The third-order valence-electron chi connectivity index (χ3n) is 5.44. The summed E-state index contributed by atoms with van der Waals surface area (Å²) >= 11 is 0. The van der Waals surface area contributed by atoms with E-state index in [1.807, 2.05) is 36.4 Å². The first-order chi connectivity index (χ1) is 16.0. The number of aromatic nitrogens is 2. The van der Waals surface area contributed by atoms with Crippen molar-refractivity contribution in [1.29, 1.82) is 0 Å². The maximum Gasteiger partial charge on any atom is 0.351 e. The highest BCUT2D eigenvalue weighted by Gasteiger charge is 2.34. The summed E-state index contributed by atoms with van der Waals surface area (Å²) in [5.41, 5.74) is 13.7. The Balaban J connectivity index is 0.000000157. The molecule has 0 unspecified atom stereocenters. The second-order valence-corrected chi connectivity index (χ2v) is 7.71. The predicted molar refractivity (Wildman–Crippen MR) is 124 cm³/mol. The van der Waals surface area contributed by atoms with Gasteiger partial charge in [-0.25, -0.2) is 4.79 Å². The molecule has 7 N–H and O–H groups in total.